The van der Waals surface area contributed by atoms with Crippen molar-refractivity contribution < 1.29 is 5.11 Å². The Labute approximate surface area is 125 Å². The molecular weight excluding hydrogens is 266 g/mol. The maximum Gasteiger partial charge on any atom is 0.0931 e. The Morgan fingerprint density at radius 3 is 2.05 bits per heavy atom. The minimum atomic E-state index is -0.514. The van der Waals surface area contributed by atoms with Crippen molar-refractivity contribution in [2.75, 3.05) is 0 Å². The van der Waals surface area contributed by atoms with Crippen molar-refractivity contribution in [1.82, 2.24) is 4.98 Å². The third-order valence-corrected chi connectivity index (χ3v) is 4.13. The number of aromatic nitrogens is 1. The van der Waals surface area contributed by atoms with Crippen LogP contribution < -0.4 is 0 Å². The SMILES string of the molecule is C[C@H](O)c1ccc(Sc2ccc(C(C)(C)C)cc2)cn1. The second-order valence-corrected chi connectivity index (χ2v) is 7.12. The number of aliphatic hydroxyl groups is 1. The van der Waals surface area contributed by atoms with Crippen LogP contribution in [0.2, 0.25) is 0 Å². The lowest BCUT2D eigenvalue weighted by atomic mass is 9.87. The van der Waals surface area contributed by atoms with E-state index in [1.54, 1.807) is 18.7 Å². The van der Waals surface area contributed by atoms with Gasteiger partial charge in [-0.25, -0.2) is 0 Å². The Bertz CT molecular complexity index is 553. The van der Waals surface area contributed by atoms with E-state index < -0.39 is 6.10 Å². The van der Waals surface area contributed by atoms with Gasteiger partial charge >= 0.3 is 0 Å². The van der Waals surface area contributed by atoms with Crippen LogP contribution in [0.3, 0.4) is 0 Å². The van der Waals surface area contributed by atoms with Crippen molar-refractivity contribution in [3.8, 4) is 0 Å². The summed E-state index contributed by atoms with van der Waals surface area (Å²) in [5.41, 5.74) is 2.23. The van der Waals surface area contributed by atoms with Crippen molar-refractivity contribution in [3.05, 3.63) is 53.9 Å². The maximum atomic E-state index is 9.44. The van der Waals surface area contributed by atoms with Crippen molar-refractivity contribution >= 4 is 11.8 Å². The third kappa shape index (κ3) is 3.84. The van der Waals surface area contributed by atoms with Gasteiger partial charge in [0.2, 0.25) is 0 Å². The molecule has 0 saturated carbocycles. The summed E-state index contributed by atoms with van der Waals surface area (Å²) in [6.45, 7) is 8.37. The summed E-state index contributed by atoms with van der Waals surface area (Å²) in [5, 5.41) is 9.44. The van der Waals surface area contributed by atoms with Crippen LogP contribution in [0.25, 0.3) is 0 Å². The molecule has 1 aromatic heterocycles. The van der Waals surface area contributed by atoms with E-state index in [9.17, 15) is 5.11 Å². The molecule has 0 saturated heterocycles. The van der Waals surface area contributed by atoms with Gasteiger partial charge in [0, 0.05) is 16.0 Å². The number of rotatable bonds is 3. The van der Waals surface area contributed by atoms with Gasteiger partial charge in [-0.05, 0) is 42.2 Å². The smallest absolute Gasteiger partial charge is 0.0931 e. The summed E-state index contributed by atoms with van der Waals surface area (Å²) < 4.78 is 0. The van der Waals surface area contributed by atoms with Crippen molar-refractivity contribution in [1.29, 1.82) is 0 Å². The molecule has 0 amide bonds. The number of hydrogen-bond donors (Lipinski definition) is 1. The highest BCUT2D eigenvalue weighted by molar-refractivity contribution is 7.99. The highest BCUT2D eigenvalue weighted by Crippen LogP contribution is 2.30. The number of aliphatic hydroxyl groups excluding tert-OH is 1. The normalized spacial score (nSPS) is 13.2. The van der Waals surface area contributed by atoms with Crippen LogP contribution >= 0.6 is 11.8 Å². The zero-order valence-corrected chi connectivity index (χ0v) is 13.2. The molecule has 3 heteroatoms. The molecule has 0 spiro atoms. The average Bonchev–Trinajstić information content (AvgIpc) is 2.39. The molecule has 2 aromatic rings. The highest BCUT2D eigenvalue weighted by atomic mass is 32.2. The van der Waals surface area contributed by atoms with Crippen LogP contribution in [-0.4, -0.2) is 10.1 Å². The Morgan fingerprint density at radius 2 is 1.60 bits per heavy atom. The summed E-state index contributed by atoms with van der Waals surface area (Å²) in [6, 6.07) is 12.5. The van der Waals surface area contributed by atoms with Gasteiger partial charge in [-0.3, -0.25) is 4.98 Å². The molecular formula is C17H21NOS. The van der Waals surface area contributed by atoms with E-state index in [-0.39, 0.29) is 5.41 Å². The van der Waals surface area contributed by atoms with E-state index in [2.05, 4.69) is 50.0 Å². The Morgan fingerprint density at radius 1 is 1.00 bits per heavy atom. The Balaban J connectivity index is 2.10. The second kappa shape index (κ2) is 5.98. The van der Waals surface area contributed by atoms with E-state index in [4.69, 9.17) is 0 Å². The quantitative estimate of drug-likeness (QED) is 0.896. The molecule has 0 aliphatic rings. The summed E-state index contributed by atoms with van der Waals surface area (Å²) in [7, 11) is 0. The fourth-order valence-corrected chi connectivity index (χ4v) is 2.64. The molecule has 106 valence electrons. The van der Waals surface area contributed by atoms with Crippen LogP contribution in [0.4, 0.5) is 0 Å². The first kappa shape index (κ1) is 15.1. The van der Waals surface area contributed by atoms with Crippen LogP contribution in [0.1, 0.15) is 45.1 Å². The maximum absolute atomic E-state index is 9.44. The number of nitrogens with zero attached hydrogens (tertiary/aromatic N) is 1. The fourth-order valence-electron chi connectivity index (χ4n) is 1.86. The number of pyridine rings is 1. The molecule has 1 heterocycles. The van der Waals surface area contributed by atoms with Gasteiger partial charge < -0.3 is 5.11 Å². The molecule has 1 atom stereocenters. The summed E-state index contributed by atoms with van der Waals surface area (Å²) in [4.78, 5) is 6.54. The lowest BCUT2D eigenvalue weighted by molar-refractivity contribution is 0.194. The first-order valence-corrected chi connectivity index (χ1v) is 7.60. The molecule has 0 fully saturated rings. The van der Waals surface area contributed by atoms with Gasteiger partial charge in [-0.1, -0.05) is 44.7 Å². The lowest BCUT2D eigenvalue weighted by Gasteiger charge is -2.19. The Hall–Kier alpha value is -1.32. The molecule has 2 rings (SSSR count). The van der Waals surface area contributed by atoms with Crippen molar-refractivity contribution in [3.63, 3.8) is 0 Å². The number of hydrogen-bond acceptors (Lipinski definition) is 3. The topological polar surface area (TPSA) is 33.1 Å². The molecule has 2 nitrogen and oxygen atoms in total. The second-order valence-electron chi connectivity index (χ2n) is 5.97. The molecule has 20 heavy (non-hydrogen) atoms. The van der Waals surface area contributed by atoms with Gasteiger partial charge in [0.15, 0.2) is 0 Å². The van der Waals surface area contributed by atoms with E-state index >= 15 is 0 Å². The van der Waals surface area contributed by atoms with Gasteiger partial charge in [0.1, 0.15) is 0 Å². The number of benzene rings is 1. The zero-order valence-electron chi connectivity index (χ0n) is 12.4. The van der Waals surface area contributed by atoms with Gasteiger partial charge in [0.25, 0.3) is 0 Å². The van der Waals surface area contributed by atoms with Crippen LogP contribution in [-0.2, 0) is 5.41 Å². The Kier molecular flexibility index (Phi) is 4.51. The standard InChI is InChI=1S/C17H21NOS/c1-12(19)16-10-9-15(11-18-16)20-14-7-5-13(6-8-14)17(2,3)4/h5-12,19H,1-4H3/t12-/m0/s1. The van der Waals surface area contributed by atoms with Crippen molar-refractivity contribution in [2.45, 2.75) is 49.0 Å². The van der Waals surface area contributed by atoms with Crippen LogP contribution in [0.15, 0.2) is 52.4 Å². The van der Waals surface area contributed by atoms with Gasteiger partial charge in [-0.2, -0.15) is 0 Å². The largest absolute Gasteiger partial charge is 0.387 e. The first-order chi connectivity index (χ1) is 9.36. The summed E-state index contributed by atoms with van der Waals surface area (Å²) in [6.07, 6.45) is 1.30. The van der Waals surface area contributed by atoms with E-state index in [0.29, 0.717) is 5.69 Å². The van der Waals surface area contributed by atoms with Crippen molar-refractivity contribution in [2.24, 2.45) is 0 Å². The molecule has 1 aromatic carbocycles. The molecule has 0 radical (unpaired) electrons. The van der Waals surface area contributed by atoms with E-state index in [0.717, 1.165) is 4.90 Å². The van der Waals surface area contributed by atoms with Crippen LogP contribution in [0, 0.1) is 0 Å². The molecule has 0 bridgehead atoms. The first-order valence-electron chi connectivity index (χ1n) is 6.79. The molecule has 0 unspecified atom stereocenters. The molecule has 0 aliphatic carbocycles. The third-order valence-electron chi connectivity index (χ3n) is 3.14. The van der Waals surface area contributed by atoms with Gasteiger partial charge in [-0.15, -0.1) is 0 Å². The van der Waals surface area contributed by atoms with E-state index in [1.807, 2.05) is 18.3 Å². The molecule has 1 N–H and O–H groups in total. The minimum absolute atomic E-state index is 0.184. The summed E-state index contributed by atoms with van der Waals surface area (Å²) >= 11 is 1.68. The van der Waals surface area contributed by atoms with Gasteiger partial charge in [0.05, 0.1) is 11.8 Å². The predicted octanol–water partition coefficient (Wildman–Crippen LogP) is 4.58. The van der Waals surface area contributed by atoms with E-state index in [1.165, 1.54) is 10.5 Å². The zero-order chi connectivity index (χ0) is 14.8. The minimum Gasteiger partial charge on any atom is -0.387 e. The predicted molar refractivity (Wildman–Crippen MR) is 84.1 cm³/mol. The summed E-state index contributed by atoms with van der Waals surface area (Å²) in [5.74, 6) is 0. The monoisotopic (exact) mass is 287 g/mol. The fraction of sp³-hybridized carbons (Fsp3) is 0.353. The van der Waals surface area contributed by atoms with Crippen LogP contribution in [0.5, 0.6) is 0 Å². The molecule has 0 aliphatic heterocycles. The highest BCUT2D eigenvalue weighted by Gasteiger charge is 2.13. The average molecular weight is 287 g/mol. The lowest BCUT2D eigenvalue weighted by Crippen LogP contribution is -2.10.